The van der Waals surface area contributed by atoms with E-state index in [2.05, 4.69) is 120 Å². The van der Waals surface area contributed by atoms with Crippen molar-refractivity contribution in [3.05, 3.63) is 125 Å². The molecular formula is C37H31BrCl2MgN4. The molecule has 1 aliphatic heterocycles. The number of aryl methyl sites for hydroxylation is 3. The van der Waals surface area contributed by atoms with Gasteiger partial charge < -0.3 is 18.8 Å². The first kappa shape index (κ1) is 33.5. The molecule has 222 valence electrons. The summed E-state index contributed by atoms with van der Waals surface area (Å²) >= 11 is 9.64. The van der Waals surface area contributed by atoms with E-state index in [1.165, 1.54) is 49.1 Å². The molecule has 8 aromatic rings. The molecule has 0 aliphatic carbocycles. The topological polar surface area (TPSA) is 34.6 Å². The molecule has 0 spiro atoms. The van der Waals surface area contributed by atoms with Gasteiger partial charge in [0, 0.05) is 62.1 Å². The summed E-state index contributed by atoms with van der Waals surface area (Å²) in [5.41, 5.74) is 8.53. The van der Waals surface area contributed by atoms with Crippen LogP contribution in [-0.2, 0) is 19.3 Å². The smallest absolute Gasteiger partial charge is 1.00 e. The number of hydrogen-bond acceptors (Lipinski definition) is 2. The fourth-order valence-electron chi connectivity index (χ4n) is 6.43. The Morgan fingerprint density at radius 2 is 1.22 bits per heavy atom. The molecule has 0 fully saturated rings. The van der Waals surface area contributed by atoms with Crippen molar-refractivity contribution in [3.63, 3.8) is 0 Å². The van der Waals surface area contributed by atoms with E-state index in [1.54, 1.807) is 0 Å². The van der Waals surface area contributed by atoms with Crippen molar-refractivity contribution in [1.29, 1.82) is 0 Å². The molecule has 0 atom stereocenters. The summed E-state index contributed by atoms with van der Waals surface area (Å²) in [6.07, 6.45) is 8.99. The molecule has 0 unspecified atom stereocenters. The first-order chi connectivity index (χ1) is 21.2. The van der Waals surface area contributed by atoms with Crippen LogP contribution in [0.1, 0.15) is 30.8 Å². The molecule has 0 amide bonds. The van der Waals surface area contributed by atoms with E-state index in [1.807, 2.05) is 32.7 Å². The van der Waals surface area contributed by atoms with Crippen LogP contribution in [0, 0.1) is 6.42 Å². The maximum atomic E-state index is 5.95. The minimum atomic E-state index is 0. The van der Waals surface area contributed by atoms with Crippen molar-refractivity contribution in [2.24, 2.45) is 0 Å². The SMILES string of the molecule is C[CH-]C.ClCCc1cnc2c3ccccc3c3cccc(Br)c3n12.[Cl-].[Mg+2].c1ccc2c(c1)c1cccc3c1n1c(cnc21)CC3. The van der Waals surface area contributed by atoms with Gasteiger partial charge in [-0.1, -0.05) is 78.9 Å². The Labute approximate surface area is 298 Å². The van der Waals surface area contributed by atoms with Crippen LogP contribution in [0.2, 0.25) is 0 Å². The van der Waals surface area contributed by atoms with Gasteiger partial charge in [-0.25, -0.2) is 9.97 Å². The molecule has 5 heterocycles. The Hall–Kier alpha value is -2.87. The minimum Gasteiger partial charge on any atom is -1.00 e. The predicted octanol–water partition coefficient (Wildman–Crippen LogP) is 6.78. The number of alkyl halides is 1. The van der Waals surface area contributed by atoms with Crippen LogP contribution >= 0.6 is 27.5 Å². The van der Waals surface area contributed by atoms with Crippen LogP contribution in [0.25, 0.3) is 54.6 Å². The summed E-state index contributed by atoms with van der Waals surface area (Å²) in [6.45, 7) is 4.00. The predicted molar refractivity (Wildman–Crippen MR) is 191 cm³/mol. The van der Waals surface area contributed by atoms with Crippen LogP contribution in [0.5, 0.6) is 0 Å². The maximum absolute atomic E-state index is 5.95. The number of aromatic nitrogens is 4. The number of fused-ring (bicyclic) bond motifs is 9. The summed E-state index contributed by atoms with van der Waals surface area (Å²) < 4.78 is 5.66. The molecule has 8 heteroatoms. The minimum absolute atomic E-state index is 0. The van der Waals surface area contributed by atoms with E-state index in [9.17, 15) is 0 Å². The third-order valence-electron chi connectivity index (χ3n) is 8.14. The zero-order chi connectivity index (χ0) is 29.5. The normalized spacial score (nSPS) is 11.7. The average molecular weight is 707 g/mol. The fourth-order valence-corrected chi connectivity index (χ4v) is 7.16. The number of nitrogens with zero attached hydrogens (tertiary/aromatic N) is 4. The second kappa shape index (κ2) is 14.3. The summed E-state index contributed by atoms with van der Waals surface area (Å²) in [6, 6.07) is 30.0. The standard InChI is InChI=1S/C17H12BrClN2.C17H12N2.C3H7.ClH.Mg/c18-15-7-3-6-13-12-4-1-2-5-14(12)17-20-10-11(8-9-19)21(17)16(13)15;1-2-6-15-13(5-1)14-7-3-4-11-8-9-12-10-18-17(15)19(12)16(11)14;1-3-2;;/h1-7,10H,8-9H2;1-7,10H,8-9H2;3H,1-2H3;1H;/q;;-1;;+2/p-1. The first-order valence-corrected chi connectivity index (χ1v) is 16.0. The molecule has 4 nitrogen and oxygen atoms in total. The monoisotopic (exact) mass is 704 g/mol. The van der Waals surface area contributed by atoms with Gasteiger partial charge in [-0.2, -0.15) is 13.8 Å². The molecule has 4 aromatic heterocycles. The van der Waals surface area contributed by atoms with E-state index in [4.69, 9.17) is 11.6 Å². The number of rotatable bonds is 2. The van der Waals surface area contributed by atoms with E-state index >= 15 is 0 Å². The number of para-hydroxylation sites is 2. The number of hydrogen-bond donors (Lipinski definition) is 0. The largest absolute Gasteiger partial charge is 2.00 e. The number of imidazole rings is 2. The van der Waals surface area contributed by atoms with Crippen molar-refractivity contribution in [2.45, 2.75) is 33.1 Å². The number of halogens is 3. The molecule has 0 bridgehead atoms. The van der Waals surface area contributed by atoms with Crippen LogP contribution in [-0.4, -0.2) is 47.7 Å². The molecule has 0 saturated carbocycles. The third-order valence-corrected chi connectivity index (χ3v) is 8.97. The maximum Gasteiger partial charge on any atom is 2.00 e. The van der Waals surface area contributed by atoms with Crippen LogP contribution in [0.4, 0.5) is 0 Å². The van der Waals surface area contributed by atoms with Crippen molar-refractivity contribution in [1.82, 2.24) is 18.8 Å². The molecule has 4 aromatic carbocycles. The molecular weight excluding hydrogens is 676 g/mol. The van der Waals surface area contributed by atoms with Crippen LogP contribution in [0.15, 0.2) is 102 Å². The summed E-state index contributed by atoms with van der Waals surface area (Å²) in [4.78, 5) is 9.30. The molecule has 0 N–H and O–H groups in total. The summed E-state index contributed by atoms with van der Waals surface area (Å²) in [7, 11) is 0. The molecule has 45 heavy (non-hydrogen) atoms. The molecule has 0 saturated heterocycles. The van der Waals surface area contributed by atoms with Crippen molar-refractivity contribution in [3.8, 4) is 0 Å². The number of benzene rings is 4. The van der Waals surface area contributed by atoms with Crippen LogP contribution in [0.3, 0.4) is 0 Å². The Morgan fingerprint density at radius 3 is 1.87 bits per heavy atom. The van der Waals surface area contributed by atoms with E-state index in [0.717, 1.165) is 46.2 Å². The van der Waals surface area contributed by atoms with Crippen LogP contribution < -0.4 is 12.4 Å². The van der Waals surface area contributed by atoms with Gasteiger partial charge in [0.15, 0.2) is 0 Å². The summed E-state index contributed by atoms with van der Waals surface area (Å²) in [5, 5.41) is 7.53. The van der Waals surface area contributed by atoms with Gasteiger partial charge in [0.05, 0.1) is 11.0 Å². The van der Waals surface area contributed by atoms with Crippen molar-refractivity contribution >= 4 is 105 Å². The van der Waals surface area contributed by atoms with Gasteiger partial charge in [-0.3, -0.25) is 8.80 Å². The van der Waals surface area contributed by atoms with Gasteiger partial charge in [0.1, 0.15) is 11.3 Å². The van der Waals surface area contributed by atoms with E-state index in [0.29, 0.717) is 5.88 Å². The van der Waals surface area contributed by atoms with Gasteiger partial charge >= 0.3 is 23.1 Å². The molecule has 1 aliphatic rings. The second-order valence-electron chi connectivity index (χ2n) is 10.9. The zero-order valence-electron chi connectivity index (χ0n) is 25.3. The second-order valence-corrected chi connectivity index (χ2v) is 12.1. The van der Waals surface area contributed by atoms with Crippen molar-refractivity contribution in [2.75, 3.05) is 5.88 Å². The molecule has 0 radical (unpaired) electrons. The molecule has 9 rings (SSSR count). The third kappa shape index (κ3) is 5.70. The van der Waals surface area contributed by atoms with Gasteiger partial charge in [-0.05, 0) is 51.2 Å². The number of pyridine rings is 2. The Bertz CT molecular complexity index is 2290. The first-order valence-electron chi connectivity index (χ1n) is 14.7. The van der Waals surface area contributed by atoms with Gasteiger partial charge in [-0.15, -0.1) is 11.6 Å². The van der Waals surface area contributed by atoms with E-state index in [-0.39, 0.29) is 35.5 Å². The summed E-state index contributed by atoms with van der Waals surface area (Å²) in [5.74, 6) is 0.590. The van der Waals surface area contributed by atoms with Gasteiger partial charge in [0.25, 0.3) is 0 Å². The Balaban J connectivity index is 0.000000158. The van der Waals surface area contributed by atoms with E-state index < -0.39 is 0 Å². The Morgan fingerprint density at radius 1 is 0.689 bits per heavy atom. The Kier molecular flexibility index (Phi) is 10.6. The average Bonchev–Trinajstić information content (AvgIpc) is 3.67. The quantitative estimate of drug-likeness (QED) is 0.0861. The van der Waals surface area contributed by atoms with Crippen molar-refractivity contribution < 1.29 is 12.4 Å². The van der Waals surface area contributed by atoms with Gasteiger partial charge in [0.2, 0.25) is 0 Å². The fraction of sp³-hybridized carbons (Fsp3) is 0.162. The zero-order valence-corrected chi connectivity index (χ0v) is 29.8.